The molecule has 0 bridgehead atoms. The fourth-order valence-corrected chi connectivity index (χ4v) is 5.07. The van der Waals surface area contributed by atoms with Gasteiger partial charge in [0, 0.05) is 25.0 Å². The van der Waals surface area contributed by atoms with Gasteiger partial charge in [0.1, 0.15) is 0 Å². The normalized spacial score (nSPS) is 19.2. The third-order valence-electron chi connectivity index (χ3n) is 6.86. The Morgan fingerprint density at radius 3 is 2.58 bits per heavy atom. The van der Waals surface area contributed by atoms with Gasteiger partial charge in [0.05, 0.1) is 17.4 Å². The fraction of sp³-hybridized carbons (Fsp3) is 0.522. The lowest BCUT2D eigenvalue weighted by molar-refractivity contribution is 0.148. The molecular formula is C23H30N6O2. The number of pyridine rings is 1. The van der Waals surface area contributed by atoms with Crippen LogP contribution < -0.4 is 16.6 Å². The van der Waals surface area contributed by atoms with Crippen LogP contribution in [0.25, 0.3) is 11.2 Å². The van der Waals surface area contributed by atoms with E-state index in [-0.39, 0.29) is 0 Å². The maximum absolute atomic E-state index is 12.2. The predicted molar refractivity (Wildman–Crippen MR) is 120 cm³/mol. The zero-order valence-electron chi connectivity index (χ0n) is 17.8. The molecule has 5 heterocycles. The quantitative estimate of drug-likeness (QED) is 0.650. The van der Waals surface area contributed by atoms with E-state index in [1.165, 1.54) is 80.8 Å². The van der Waals surface area contributed by atoms with Crippen molar-refractivity contribution in [1.82, 2.24) is 29.4 Å². The van der Waals surface area contributed by atoms with Crippen molar-refractivity contribution < 1.29 is 0 Å². The van der Waals surface area contributed by atoms with Crippen LogP contribution in [-0.2, 0) is 6.42 Å². The van der Waals surface area contributed by atoms with E-state index in [0.717, 1.165) is 17.9 Å². The minimum absolute atomic E-state index is 0.398. The molecule has 0 amide bonds. The zero-order valence-corrected chi connectivity index (χ0v) is 17.8. The Balaban J connectivity index is 1.26. The predicted octanol–water partition coefficient (Wildman–Crippen LogP) is 1.43. The Morgan fingerprint density at radius 2 is 1.81 bits per heavy atom. The Labute approximate surface area is 180 Å². The van der Waals surface area contributed by atoms with Crippen molar-refractivity contribution in [2.45, 2.75) is 32.1 Å². The van der Waals surface area contributed by atoms with E-state index in [0.29, 0.717) is 11.6 Å². The summed E-state index contributed by atoms with van der Waals surface area (Å²) in [7, 11) is 0. The Bertz CT molecular complexity index is 1150. The second kappa shape index (κ2) is 8.80. The number of H-pyrrole nitrogens is 1. The third kappa shape index (κ3) is 4.50. The zero-order chi connectivity index (χ0) is 21.2. The van der Waals surface area contributed by atoms with Crippen molar-refractivity contribution in [3.8, 4) is 5.69 Å². The van der Waals surface area contributed by atoms with Gasteiger partial charge in [-0.25, -0.2) is 9.31 Å². The molecule has 2 aliphatic heterocycles. The lowest BCUT2D eigenvalue weighted by Gasteiger charge is -2.35. The topological polar surface area (TPSA) is 87.4 Å². The summed E-state index contributed by atoms with van der Waals surface area (Å²) in [5.74, 6) is 1.55. The number of aromatic nitrogens is 4. The number of hydrogen-bond acceptors (Lipinski definition) is 5. The van der Waals surface area contributed by atoms with Crippen molar-refractivity contribution in [1.29, 1.82) is 0 Å². The third-order valence-corrected chi connectivity index (χ3v) is 6.86. The van der Waals surface area contributed by atoms with Gasteiger partial charge in [-0.05, 0) is 87.8 Å². The number of rotatable bonds is 5. The van der Waals surface area contributed by atoms with Gasteiger partial charge in [0.15, 0.2) is 0 Å². The molecule has 8 nitrogen and oxygen atoms in total. The molecule has 8 heteroatoms. The van der Waals surface area contributed by atoms with Crippen LogP contribution in [0.3, 0.4) is 0 Å². The number of piperidine rings is 2. The van der Waals surface area contributed by atoms with E-state index < -0.39 is 11.2 Å². The average Bonchev–Trinajstić information content (AvgIpc) is 3.19. The lowest BCUT2D eigenvalue weighted by Crippen LogP contribution is -2.40. The first-order chi connectivity index (χ1) is 15.2. The second-order valence-corrected chi connectivity index (χ2v) is 9.02. The van der Waals surface area contributed by atoms with Crippen LogP contribution in [0.15, 0.2) is 46.4 Å². The van der Waals surface area contributed by atoms with Gasteiger partial charge in [-0.2, -0.15) is 5.10 Å². The van der Waals surface area contributed by atoms with Crippen LogP contribution in [0.2, 0.25) is 0 Å². The number of nitrogens with zero attached hydrogens (tertiary/aromatic N) is 4. The van der Waals surface area contributed by atoms with Crippen LogP contribution in [0.1, 0.15) is 31.2 Å². The largest absolute Gasteiger partial charge is 0.333 e. The van der Waals surface area contributed by atoms with E-state index in [1.54, 1.807) is 10.7 Å². The van der Waals surface area contributed by atoms with Crippen molar-refractivity contribution in [3.63, 3.8) is 0 Å². The molecule has 0 radical (unpaired) electrons. The molecular weight excluding hydrogens is 392 g/mol. The van der Waals surface area contributed by atoms with Crippen LogP contribution in [-0.4, -0.2) is 56.8 Å². The van der Waals surface area contributed by atoms with Crippen LogP contribution in [0.4, 0.5) is 0 Å². The minimum Gasteiger partial charge on any atom is -0.317 e. The van der Waals surface area contributed by atoms with Crippen molar-refractivity contribution in [2.75, 3.05) is 32.7 Å². The summed E-state index contributed by atoms with van der Waals surface area (Å²) < 4.78 is 3.21. The summed E-state index contributed by atoms with van der Waals surface area (Å²) in [6, 6.07) is 5.61. The summed E-state index contributed by atoms with van der Waals surface area (Å²) in [6.45, 7) is 5.99. The highest BCUT2D eigenvalue weighted by Crippen LogP contribution is 2.25. The molecule has 31 heavy (non-hydrogen) atoms. The molecule has 3 aromatic heterocycles. The summed E-state index contributed by atoms with van der Waals surface area (Å²) in [5, 5.41) is 7.82. The SMILES string of the molecule is O=c1ccn(-c2cnn3ccc(CC4CCN(CC5CCNCC5)CC4)cc23)c(=O)[nH]1. The molecule has 2 aliphatic rings. The van der Waals surface area contributed by atoms with E-state index in [9.17, 15) is 9.59 Å². The highest BCUT2D eigenvalue weighted by atomic mass is 16.2. The summed E-state index contributed by atoms with van der Waals surface area (Å²) in [6.07, 6.45) is 11.3. The highest BCUT2D eigenvalue weighted by molar-refractivity contribution is 5.64. The summed E-state index contributed by atoms with van der Waals surface area (Å²) in [4.78, 5) is 28.6. The summed E-state index contributed by atoms with van der Waals surface area (Å²) in [5.41, 5.74) is 1.97. The first kappa shape index (κ1) is 20.2. The molecule has 5 rings (SSSR count). The van der Waals surface area contributed by atoms with Gasteiger partial charge in [0.2, 0.25) is 0 Å². The van der Waals surface area contributed by atoms with E-state index in [2.05, 4.69) is 32.4 Å². The maximum atomic E-state index is 12.2. The van der Waals surface area contributed by atoms with Crippen molar-refractivity contribution in [2.24, 2.45) is 11.8 Å². The monoisotopic (exact) mass is 422 g/mol. The van der Waals surface area contributed by atoms with Gasteiger partial charge in [0.25, 0.3) is 5.56 Å². The van der Waals surface area contributed by atoms with E-state index >= 15 is 0 Å². The smallest absolute Gasteiger partial charge is 0.317 e. The number of hydrogen-bond donors (Lipinski definition) is 2. The molecule has 0 aliphatic carbocycles. The van der Waals surface area contributed by atoms with Gasteiger partial charge in [-0.3, -0.25) is 14.3 Å². The summed E-state index contributed by atoms with van der Waals surface area (Å²) >= 11 is 0. The Kier molecular flexibility index (Phi) is 5.74. The fourth-order valence-electron chi connectivity index (χ4n) is 5.07. The first-order valence-electron chi connectivity index (χ1n) is 11.4. The molecule has 0 atom stereocenters. The molecule has 2 saturated heterocycles. The Hall–Kier alpha value is -2.71. The number of likely N-dealkylation sites (tertiary alicyclic amines) is 1. The van der Waals surface area contributed by atoms with Gasteiger partial charge >= 0.3 is 5.69 Å². The molecule has 164 valence electrons. The molecule has 2 N–H and O–H groups in total. The average molecular weight is 423 g/mol. The maximum Gasteiger partial charge on any atom is 0.333 e. The van der Waals surface area contributed by atoms with Crippen LogP contribution in [0.5, 0.6) is 0 Å². The van der Waals surface area contributed by atoms with Crippen molar-refractivity contribution in [3.05, 3.63) is 63.2 Å². The van der Waals surface area contributed by atoms with E-state index in [4.69, 9.17) is 0 Å². The number of fused-ring (bicyclic) bond motifs is 1. The number of nitrogens with one attached hydrogen (secondary N) is 2. The first-order valence-corrected chi connectivity index (χ1v) is 11.4. The molecule has 0 aromatic carbocycles. The van der Waals surface area contributed by atoms with Crippen LogP contribution >= 0.6 is 0 Å². The van der Waals surface area contributed by atoms with Crippen LogP contribution in [0, 0.1) is 11.8 Å². The molecule has 0 unspecified atom stereocenters. The molecule has 0 spiro atoms. The molecule has 3 aromatic rings. The Morgan fingerprint density at radius 1 is 1.00 bits per heavy atom. The van der Waals surface area contributed by atoms with Gasteiger partial charge in [-0.15, -0.1) is 0 Å². The number of aromatic amines is 1. The minimum atomic E-state index is -0.450. The van der Waals surface area contributed by atoms with Crippen molar-refractivity contribution >= 4 is 5.52 Å². The standard InChI is InChI=1S/C23H30N6O2/c30-22-6-11-28(23(31)26-22)21-15-25-29-12-5-19(14-20(21)29)13-17-3-9-27(10-4-17)16-18-1-7-24-8-2-18/h5-6,11-12,14-15,17-18,24H,1-4,7-10,13,16H2,(H,26,30,31). The van der Waals surface area contributed by atoms with Gasteiger partial charge in [-0.1, -0.05) is 0 Å². The lowest BCUT2D eigenvalue weighted by atomic mass is 9.89. The molecule has 0 saturated carbocycles. The highest BCUT2D eigenvalue weighted by Gasteiger charge is 2.23. The second-order valence-electron chi connectivity index (χ2n) is 9.02. The molecule has 2 fully saturated rings. The van der Waals surface area contributed by atoms with E-state index in [1.807, 2.05) is 6.20 Å². The van der Waals surface area contributed by atoms with Gasteiger partial charge < -0.3 is 10.2 Å².